The summed E-state index contributed by atoms with van der Waals surface area (Å²) in [5.41, 5.74) is 6.72. The van der Waals surface area contributed by atoms with Gasteiger partial charge in [0, 0.05) is 16.9 Å². The molecule has 0 bridgehead atoms. The van der Waals surface area contributed by atoms with E-state index in [1.165, 1.54) is 24.3 Å². The van der Waals surface area contributed by atoms with Crippen LogP contribution < -0.4 is 16.4 Å². The molecule has 0 radical (unpaired) electrons. The van der Waals surface area contributed by atoms with E-state index in [1.54, 1.807) is 31.2 Å². The fourth-order valence-electron chi connectivity index (χ4n) is 1.83. The smallest absolute Gasteiger partial charge is 0.248 e. The van der Waals surface area contributed by atoms with E-state index in [-0.39, 0.29) is 11.7 Å². The van der Waals surface area contributed by atoms with Crippen LogP contribution in [-0.2, 0) is 4.79 Å². The van der Waals surface area contributed by atoms with Crippen molar-refractivity contribution in [2.75, 3.05) is 10.6 Å². The van der Waals surface area contributed by atoms with Gasteiger partial charge >= 0.3 is 0 Å². The van der Waals surface area contributed by atoms with Crippen molar-refractivity contribution in [3.63, 3.8) is 0 Å². The lowest BCUT2D eigenvalue weighted by molar-refractivity contribution is -0.116. The number of benzene rings is 2. The maximum atomic E-state index is 12.8. The molecule has 0 heterocycles. The minimum Gasteiger partial charge on any atom is -0.374 e. The van der Waals surface area contributed by atoms with Crippen LogP contribution in [0.4, 0.5) is 15.8 Å². The van der Waals surface area contributed by atoms with Gasteiger partial charge in [0.25, 0.3) is 0 Å². The number of nitrogens with one attached hydrogen (secondary N) is 2. The Balaban J connectivity index is 1.95. The minimum atomic E-state index is -0.524. The van der Waals surface area contributed by atoms with Gasteiger partial charge in [0.15, 0.2) is 0 Å². The van der Waals surface area contributed by atoms with Crippen LogP contribution >= 0.6 is 0 Å². The Labute approximate surface area is 127 Å². The van der Waals surface area contributed by atoms with Crippen LogP contribution in [0, 0.1) is 5.82 Å². The summed E-state index contributed by atoms with van der Waals surface area (Å²) < 4.78 is 12.8. The maximum Gasteiger partial charge on any atom is 0.248 e. The summed E-state index contributed by atoms with van der Waals surface area (Å²) in [6.07, 6.45) is 0. The van der Waals surface area contributed by atoms with E-state index in [2.05, 4.69) is 10.6 Å². The zero-order valence-electron chi connectivity index (χ0n) is 12.0. The van der Waals surface area contributed by atoms with Crippen LogP contribution in [-0.4, -0.2) is 17.9 Å². The Kier molecular flexibility index (Phi) is 4.73. The molecule has 0 saturated carbocycles. The summed E-state index contributed by atoms with van der Waals surface area (Å²) in [6, 6.07) is 11.5. The molecule has 2 aromatic carbocycles. The average Bonchev–Trinajstić information content (AvgIpc) is 2.50. The fourth-order valence-corrected chi connectivity index (χ4v) is 1.83. The molecule has 4 N–H and O–H groups in total. The van der Waals surface area contributed by atoms with E-state index in [1.807, 2.05) is 0 Å². The highest BCUT2D eigenvalue weighted by atomic mass is 19.1. The third kappa shape index (κ3) is 4.05. The molecule has 1 atom stereocenters. The highest BCUT2D eigenvalue weighted by Crippen LogP contribution is 2.12. The molecule has 0 aliphatic carbocycles. The number of rotatable bonds is 5. The molecular weight excluding hydrogens is 285 g/mol. The molecule has 0 fully saturated rings. The van der Waals surface area contributed by atoms with Crippen LogP contribution in [0.25, 0.3) is 0 Å². The molecule has 0 aliphatic rings. The van der Waals surface area contributed by atoms with Crippen LogP contribution in [0.5, 0.6) is 0 Å². The van der Waals surface area contributed by atoms with Crippen LogP contribution in [0.1, 0.15) is 17.3 Å². The molecule has 0 saturated heterocycles. The Morgan fingerprint density at radius 1 is 1.00 bits per heavy atom. The monoisotopic (exact) mass is 301 g/mol. The van der Waals surface area contributed by atoms with E-state index in [9.17, 15) is 14.0 Å². The first-order valence-corrected chi connectivity index (χ1v) is 6.68. The van der Waals surface area contributed by atoms with Crippen molar-refractivity contribution < 1.29 is 14.0 Å². The van der Waals surface area contributed by atoms with Gasteiger partial charge in [0.2, 0.25) is 11.8 Å². The van der Waals surface area contributed by atoms with Gasteiger partial charge in [-0.25, -0.2) is 4.39 Å². The number of halogens is 1. The molecule has 0 spiro atoms. The van der Waals surface area contributed by atoms with Crippen molar-refractivity contribution >= 4 is 23.2 Å². The first-order chi connectivity index (χ1) is 10.5. The zero-order chi connectivity index (χ0) is 16.1. The predicted molar refractivity (Wildman–Crippen MR) is 83.1 cm³/mol. The Hall–Kier alpha value is -2.89. The first-order valence-electron chi connectivity index (χ1n) is 6.68. The van der Waals surface area contributed by atoms with Crippen LogP contribution in [0.3, 0.4) is 0 Å². The van der Waals surface area contributed by atoms with E-state index < -0.39 is 11.9 Å². The van der Waals surface area contributed by atoms with Crippen LogP contribution in [0.2, 0.25) is 0 Å². The van der Waals surface area contributed by atoms with Gasteiger partial charge in [-0.3, -0.25) is 9.59 Å². The summed E-state index contributed by atoms with van der Waals surface area (Å²) >= 11 is 0. The van der Waals surface area contributed by atoms with Gasteiger partial charge in [-0.05, 0) is 55.5 Å². The first kappa shape index (κ1) is 15.5. The molecular formula is C16H16FN3O2. The standard InChI is InChI=1S/C16H16FN3O2/c1-10(19-13-8-4-12(17)5-9-13)16(22)20-14-6-2-11(3-7-14)15(18)21/h2-10,19H,1H3,(H2,18,21)(H,20,22)/t10-/m0/s1. The molecule has 2 amide bonds. The molecule has 6 heteroatoms. The molecule has 114 valence electrons. The number of carbonyl (C=O) groups excluding carboxylic acids is 2. The van der Waals surface area contributed by atoms with E-state index in [0.717, 1.165) is 0 Å². The summed E-state index contributed by atoms with van der Waals surface area (Å²) in [6.45, 7) is 1.69. The Bertz CT molecular complexity index is 669. The number of hydrogen-bond donors (Lipinski definition) is 3. The fraction of sp³-hybridized carbons (Fsp3) is 0.125. The third-order valence-corrected chi connectivity index (χ3v) is 3.06. The van der Waals surface area contributed by atoms with Gasteiger partial charge in [0.05, 0.1) is 0 Å². The number of nitrogens with two attached hydrogens (primary N) is 1. The highest BCUT2D eigenvalue weighted by molar-refractivity contribution is 5.97. The molecule has 2 rings (SSSR count). The SMILES string of the molecule is C[C@H](Nc1ccc(F)cc1)C(=O)Nc1ccc(C(N)=O)cc1. The minimum absolute atomic E-state index is 0.254. The van der Waals surface area contributed by atoms with Crippen molar-refractivity contribution in [3.8, 4) is 0 Å². The quantitative estimate of drug-likeness (QED) is 0.792. The number of carbonyl (C=O) groups is 2. The van der Waals surface area contributed by atoms with E-state index in [4.69, 9.17) is 5.73 Å². The molecule has 2 aromatic rings. The summed E-state index contributed by atoms with van der Waals surface area (Å²) in [4.78, 5) is 23.0. The average molecular weight is 301 g/mol. The second-order valence-corrected chi connectivity index (χ2v) is 4.80. The van der Waals surface area contributed by atoms with Crippen molar-refractivity contribution in [1.29, 1.82) is 0 Å². The van der Waals surface area contributed by atoms with Crippen molar-refractivity contribution in [2.24, 2.45) is 5.73 Å². The Morgan fingerprint density at radius 3 is 2.09 bits per heavy atom. The van der Waals surface area contributed by atoms with Gasteiger partial charge in [0.1, 0.15) is 11.9 Å². The molecule has 0 aliphatic heterocycles. The topological polar surface area (TPSA) is 84.2 Å². The number of primary amides is 1. The third-order valence-electron chi connectivity index (χ3n) is 3.06. The zero-order valence-corrected chi connectivity index (χ0v) is 12.0. The molecule has 0 aromatic heterocycles. The summed E-state index contributed by atoms with van der Waals surface area (Å²) in [5.74, 6) is -1.11. The predicted octanol–water partition coefficient (Wildman–Crippen LogP) is 2.36. The van der Waals surface area contributed by atoms with Gasteiger partial charge < -0.3 is 16.4 Å². The largest absolute Gasteiger partial charge is 0.374 e. The molecule has 22 heavy (non-hydrogen) atoms. The highest BCUT2D eigenvalue weighted by Gasteiger charge is 2.13. The van der Waals surface area contributed by atoms with E-state index >= 15 is 0 Å². The van der Waals surface area contributed by atoms with Gasteiger partial charge in [-0.2, -0.15) is 0 Å². The lowest BCUT2D eigenvalue weighted by Crippen LogP contribution is -2.31. The lowest BCUT2D eigenvalue weighted by atomic mass is 10.2. The Morgan fingerprint density at radius 2 is 1.55 bits per heavy atom. The molecule has 0 unspecified atom stereocenters. The maximum absolute atomic E-state index is 12.8. The summed E-state index contributed by atoms with van der Waals surface area (Å²) in [5, 5.41) is 5.68. The van der Waals surface area contributed by atoms with Crippen molar-refractivity contribution in [2.45, 2.75) is 13.0 Å². The summed E-state index contributed by atoms with van der Waals surface area (Å²) in [7, 11) is 0. The lowest BCUT2D eigenvalue weighted by Gasteiger charge is -2.15. The van der Waals surface area contributed by atoms with Crippen LogP contribution in [0.15, 0.2) is 48.5 Å². The number of hydrogen-bond acceptors (Lipinski definition) is 3. The second-order valence-electron chi connectivity index (χ2n) is 4.80. The normalized spacial score (nSPS) is 11.5. The number of anilines is 2. The van der Waals surface area contributed by atoms with Gasteiger partial charge in [-0.15, -0.1) is 0 Å². The molecule has 5 nitrogen and oxygen atoms in total. The number of amides is 2. The van der Waals surface area contributed by atoms with Gasteiger partial charge in [-0.1, -0.05) is 0 Å². The van der Waals surface area contributed by atoms with E-state index in [0.29, 0.717) is 16.9 Å². The van der Waals surface area contributed by atoms with Crippen molar-refractivity contribution in [1.82, 2.24) is 0 Å². The second kappa shape index (κ2) is 6.71. The van der Waals surface area contributed by atoms with Crippen molar-refractivity contribution in [3.05, 3.63) is 59.9 Å².